The number of aliphatic hydroxyl groups excluding tert-OH is 1. The van der Waals surface area contributed by atoms with E-state index in [0.29, 0.717) is 31.6 Å². The average Bonchev–Trinajstić information content (AvgIpc) is 2.78. The zero-order valence-corrected chi connectivity index (χ0v) is 20.5. The second-order valence-electron chi connectivity index (χ2n) is 8.47. The molecule has 1 rings (SSSR count). The lowest BCUT2D eigenvalue weighted by Crippen LogP contribution is -2.37. The highest BCUT2D eigenvalue weighted by Gasteiger charge is 2.25. The molecule has 0 saturated carbocycles. The zero-order chi connectivity index (χ0) is 24.8. The monoisotopic (exact) mass is 464 g/mol. The van der Waals surface area contributed by atoms with Crippen molar-refractivity contribution in [2.45, 2.75) is 52.1 Å². The van der Waals surface area contributed by atoms with Crippen molar-refractivity contribution in [3.05, 3.63) is 29.3 Å². The van der Waals surface area contributed by atoms with Crippen molar-refractivity contribution in [2.75, 3.05) is 47.3 Å². The second kappa shape index (κ2) is 15.4. The second-order valence-corrected chi connectivity index (χ2v) is 8.47. The van der Waals surface area contributed by atoms with Crippen LogP contribution in [-0.4, -0.2) is 85.0 Å². The van der Waals surface area contributed by atoms with Gasteiger partial charge in [-0.1, -0.05) is 31.7 Å². The van der Waals surface area contributed by atoms with Crippen molar-refractivity contribution < 1.29 is 24.2 Å². The molecule has 9 heteroatoms. The molecule has 0 atom stereocenters. The number of carbonyl (C=O) groups excluding carboxylic acids is 3. The molecular weight excluding hydrogens is 424 g/mol. The van der Waals surface area contributed by atoms with Crippen molar-refractivity contribution in [3.8, 4) is 5.75 Å². The Morgan fingerprint density at radius 1 is 0.939 bits per heavy atom. The van der Waals surface area contributed by atoms with Crippen LogP contribution < -0.4 is 10.5 Å². The van der Waals surface area contributed by atoms with Crippen LogP contribution in [0.1, 0.15) is 61.4 Å². The number of amides is 3. The van der Waals surface area contributed by atoms with Crippen LogP contribution in [0.25, 0.3) is 0 Å². The van der Waals surface area contributed by atoms with Crippen LogP contribution in [0.2, 0.25) is 0 Å². The molecule has 1 aromatic rings. The summed E-state index contributed by atoms with van der Waals surface area (Å²) < 4.78 is 5.49. The minimum absolute atomic E-state index is 0.0620. The molecule has 0 aliphatic rings. The number of imide groups is 1. The van der Waals surface area contributed by atoms with Crippen molar-refractivity contribution in [1.82, 2.24) is 14.7 Å². The molecule has 186 valence electrons. The Hall–Kier alpha value is -2.49. The van der Waals surface area contributed by atoms with E-state index in [4.69, 9.17) is 10.5 Å². The smallest absolute Gasteiger partial charge is 0.409 e. The first-order chi connectivity index (χ1) is 15.7. The SMILES string of the molecule is CC(=O)N(CCCCCCCCN)C(=O)c1cc(CO)ccc1OC(=O)N(C)CCN(C)C. The topological polar surface area (TPSA) is 116 Å². The molecule has 3 N–H and O–H groups in total. The van der Waals surface area contributed by atoms with E-state index in [1.165, 1.54) is 28.9 Å². The first-order valence-corrected chi connectivity index (χ1v) is 11.5. The molecule has 0 heterocycles. The van der Waals surface area contributed by atoms with Gasteiger partial charge in [-0.05, 0) is 51.2 Å². The van der Waals surface area contributed by atoms with Gasteiger partial charge < -0.3 is 25.4 Å². The Kier molecular flexibility index (Phi) is 13.3. The summed E-state index contributed by atoms with van der Waals surface area (Å²) in [5.74, 6) is -0.857. The lowest BCUT2D eigenvalue weighted by Gasteiger charge is -2.22. The Labute approximate surface area is 197 Å². The van der Waals surface area contributed by atoms with E-state index < -0.39 is 12.0 Å². The standard InChI is InChI=1S/C24H40N4O5/c1-19(30)28(14-10-8-6-5-7-9-13-25)23(31)21-17-20(18-29)11-12-22(21)33-24(32)27(4)16-15-26(2)3/h11-12,17,29H,5-10,13-16,18,25H2,1-4H3. The number of benzene rings is 1. The molecule has 1 aromatic carbocycles. The first-order valence-electron chi connectivity index (χ1n) is 11.5. The molecule has 0 unspecified atom stereocenters. The number of likely N-dealkylation sites (N-methyl/N-ethyl adjacent to an activating group) is 2. The van der Waals surface area contributed by atoms with Crippen LogP contribution in [0, 0.1) is 0 Å². The van der Waals surface area contributed by atoms with Crippen molar-refractivity contribution in [3.63, 3.8) is 0 Å². The van der Waals surface area contributed by atoms with E-state index in [1.54, 1.807) is 13.1 Å². The van der Waals surface area contributed by atoms with Crippen LogP contribution >= 0.6 is 0 Å². The maximum Gasteiger partial charge on any atom is 0.415 e. The third-order valence-corrected chi connectivity index (χ3v) is 5.31. The summed E-state index contributed by atoms with van der Waals surface area (Å²) in [5, 5.41) is 9.52. The molecule has 3 amide bonds. The van der Waals surface area contributed by atoms with Gasteiger partial charge in [0, 0.05) is 33.6 Å². The van der Waals surface area contributed by atoms with Crippen LogP contribution in [0.4, 0.5) is 4.79 Å². The van der Waals surface area contributed by atoms with Gasteiger partial charge in [0.05, 0.1) is 12.2 Å². The predicted molar refractivity (Wildman–Crippen MR) is 128 cm³/mol. The first kappa shape index (κ1) is 28.5. The van der Waals surface area contributed by atoms with Gasteiger partial charge in [0.15, 0.2) is 0 Å². The van der Waals surface area contributed by atoms with E-state index in [-0.39, 0.29) is 30.4 Å². The van der Waals surface area contributed by atoms with Gasteiger partial charge in [0.2, 0.25) is 5.91 Å². The fourth-order valence-corrected chi connectivity index (χ4v) is 3.21. The van der Waals surface area contributed by atoms with Crippen LogP contribution in [0.15, 0.2) is 18.2 Å². The van der Waals surface area contributed by atoms with E-state index in [2.05, 4.69) is 0 Å². The van der Waals surface area contributed by atoms with Gasteiger partial charge in [-0.3, -0.25) is 14.5 Å². The number of hydrogen-bond donors (Lipinski definition) is 2. The van der Waals surface area contributed by atoms with Crippen LogP contribution in [-0.2, 0) is 11.4 Å². The number of carbonyl (C=O) groups is 3. The Morgan fingerprint density at radius 2 is 1.58 bits per heavy atom. The lowest BCUT2D eigenvalue weighted by atomic mass is 10.1. The number of unbranched alkanes of at least 4 members (excludes halogenated alkanes) is 5. The maximum atomic E-state index is 13.2. The van der Waals surface area contributed by atoms with Gasteiger partial charge in [0.25, 0.3) is 5.91 Å². The summed E-state index contributed by atoms with van der Waals surface area (Å²) in [6, 6.07) is 4.53. The molecule has 0 aromatic heterocycles. The van der Waals surface area contributed by atoms with E-state index in [1.807, 2.05) is 19.0 Å². The molecular formula is C24H40N4O5. The van der Waals surface area contributed by atoms with Crippen LogP contribution in [0.5, 0.6) is 5.75 Å². The van der Waals surface area contributed by atoms with Gasteiger partial charge in [0.1, 0.15) is 5.75 Å². The van der Waals surface area contributed by atoms with Gasteiger partial charge in [-0.15, -0.1) is 0 Å². The molecule has 0 spiro atoms. The van der Waals surface area contributed by atoms with Crippen molar-refractivity contribution >= 4 is 17.9 Å². The number of hydrogen-bond acceptors (Lipinski definition) is 7. The van der Waals surface area contributed by atoms with E-state index >= 15 is 0 Å². The number of nitrogens with zero attached hydrogens (tertiary/aromatic N) is 3. The highest BCUT2D eigenvalue weighted by atomic mass is 16.6. The van der Waals surface area contributed by atoms with Gasteiger partial charge in [-0.2, -0.15) is 0 Å². The van der Waals surface area contributed by atoms with Crippen molar-refractivity contribution in [2.24, 2.45) is 5.73 Å². The Balaban J connectivity index is 2.92. The summed E-state index contributed by atoms with van der Waals surface area (Å²) >= 11 is 0. The summed E-state index contributed by atoms with van der Waals surface area (Å²) in [6.45, 7) is 3.15. The third kappa shape index (κ3) is 10.3. The zero-order valence-electron chi connectivity index (χ0n) is 20.5. The number of rotatable bonds is 14. The summed E-state index contributed by atoms with van der Waals surface area (Å²) in [7, 11) is 5.42. The molecule has 9 nitrogen and oxygen atoms in total. The summed E-state index contributed by atoms with van der Waals surface area (Å²) in [6.07, 6.45) is 5.16. The predicted octanol–water partition coefficient (Wildman–Crippen LogP) is 2.46. The van der Waals surface area contributed by atoms with Gasteiger partial charge in [-0.25, -0.2) is 4.79 Å². The number of ether oxygens (including phenoxy) is 1. The lowest BCUT2D eigenvalue weighted by molar-refractivity contribution is -0.126. The highest BCUT2D eigenvalue weighted by Crippen LogP contribution is 2.24. The minimum Gasteiger partial charge on any atom is -0.409 e. The maximum absolute atomic E-state index is 13.2. The molecule has 0 aliphatic heterocycles. The number of aliphatic hydroxyl groups is 1. The molecule has 0 saturated heterocycles. The van der Waals surface area contributed by atoms with E-state index in [0.717, 1.165) is 32.1 Å². The third-order valence-electron chi connectivity index (χ3n) is 5.31. The molecule has 0 bridgehead atoms. The summed E-state index contributed by atoms with van der Waals surface area (Å²) in [4.78, 5) is 42.5. The van der Waals surface area contributed by atoms with E-state index in [9.17, 15) is 19.5 Å². The summed E-state index contributed by atoms with van der Waals surface area (Å²) in [5.41, 5.74) is 6.07. The molecule has 0 fully saturated rings. The average molecular weight is 465 g/mol. The quantitative estimate of drug-likeness (QED) is 0.406. The Bertz CT molecular complexity index is 769. The number of nitrogens with two attached hydrogens (primary N) is 1. The normalized spacial score (nSPS) is 10.9. The molecule has 0 aliphatic carbocycles. The highest BCUT2D eigenvalue weighted by molar-refractivity contribution is 6.06. The largest absolute Gasteiger partial charge is 0.415 e. The fraction of sp³-hybridized carbons (Fsp3) is 0.625. The molecule has 33 heavy (non-hydrogen) atoms. The fourth-order valence-electron chi connectivity index (χ4n) is 3.21. The molecule has 0 radical (unpaired) electrons. The Morgan fingerprint density at radius 3 is 2.15 bits per heavy atom. The van der Waals surface area contributed by atoms with Crippen molar-refractivity contribution in [1.29, 1.82) is 0 Å². The minimum atomic E-state index is -0.602. The van der Waals surface area contributed by atoms with Gasteiger partial charge >= 0.3 is 6.09 Å². The van der Waals surface area contributed by atoms with Crippen LogP contribution in [0.3, 0.4) is 0 Å².